The summed E-state index contributed by atoms with van der Waals surface area (Å²) in [7, 11) is -3.65. The van der Waals surface area contributed by atoms with Gasteiger partial charge in [0.15, 0.2) is 0 Å². The Morgan fingerprint density at radius 3 is 2.48 bits per heavy atom. The highest BCUT2D eigenvalue weighted by molar-refractivity contribution is 7.89. The lowest BCUT2D eigenvalue weighted by Crippen LogP contribution is -2.46. The van der Waals surface area contributed by atoms with E-state index in [0.717, 1.165) is 0 Å². The van der Waals surface area contributed by atoms with Crippen molar-refractivity contribution in [1.82, 2.24) is 9.62 Å². The molecule has 154 valence electrons. The number of benzene rings is 2. The molecule has 2 aromatic carbocycles. The van der Waals surface area contributed by atoms with Gasteiger partial charge < -0.3 is 10.6 Å². The zero-order chi connectivity index (χ0) is 20.9. The molecule has 29 heavy (non-hydrogen) atoms. The minimum absolute atomic E-state index is 0.0925. The Hall–Kier alpha value is -2.42. The van der Waals surface area contributed by atoms with Crippen LogP contribution >= 0.6 is 11.6 Å². The molecule has 1 heterocycles. The molecule has 3 rings (SSSR count). The average molecular weight is 436 g/mol. The summed E-state index contributed by atoms with van der Waals surface area (Å²) in [5, 5.41) is 5.62. The molecule has 7 nitrogen and oxygen atoms in total. The number of hydrogen-bond acceptors (Lipinski definition) is 4. The maximum absolute atomic E-state index is 12.8. The Balaban J connectivity index is 1.56. The Morgan fingerprint density at radius 1 is 1.07 bits per heavy atom. The molecule has 0 bridgehead atoms. The highest BCUT2D eigenvalue weighted by Gasteiger charge is 2.33. The number of carbonyl (C=O) groups is 2. The molecule has 0 spiro atoms. The first-order chi connectivity index (χ1) is 13.9. The first-order valence-corrected chi connectivity index (χ1v) is 11.1. The molecule has 0 radical (unpaired) electrons. The van der Waals surface area contributed by atoms with Gasteiger partial charge >= 0.3 is 0 Å². The number of carbonyl (C=O) groups excluding carboxylic acids is 2. The van der Waals surface area contributed by atoms with Gasteiger partial charge in [-0.25, -0.2) is 8.42 Å². The molecule has 0 unspecified atom stereocenters. The third kappa shape index (κ3) is 5.35. The Labute approximate surface area is 175 Å². The summed E-state index contributed by atoms with van der Waals surface area (Å²) in [4.78, 5) is 24.8. The number of sulfonamides is 1. The van der Waals surface area contributed by atoms with E-state index < -0.39 is 21.8 Å². The van der Waals surface area contributed by atoms with Crippen LogP contribution in [0.4, 0.5) is 5.69 Å². The highest BCUT2D eigenvalue weighted by atomic mass is 35.5. The smallest absolute Gasteiger partial charge is 0.243 e. The second-order valence-electron chi connectivity index (χ2n) is 6.76. The van der Waals surface area contributed by atoms with E-state index in [0.29, 0.717) is 30.1 Å². The summed E-state index contributed by atoms with van der Waals surface area (Å²) in [5.74, 6) is -1.25. The molecule has 0 aliphatic carbocycles. The number of nitrogens with zero attached hydrogens (tertiary/aromatic N) is 1. The monoisotopic (exact) mass is 435 g/mol. The van der Waals surface area contributed by atoms with Crippen LogP contribution < -0.4 is 10.6 Å². The van der Waals surface area contributed by atoms with Crippen molar-refractivity contribution in [2.75, 3.05) is 25.0 Å². The van der Waals surface area contributed by atoms with Crippen molar-refractivity contribution >= 4 is 39.1 Å². The van der Waals surface area contributed by atoms with Crippen molar-refractivity contribution in [2.24, 2.45) is 5.92 Å². The van der Waals surface area contributed by atoms with Crippen LogP contribution in [0.15, 0.2) is 59.5 Å². The number of nitrogens with one attached hydrogen (secondary N) is 2. The second-order valence-corrected chi connectivity index (χ2v) is 9.11. The molecule has 2 amide bonds. The minimum Gasteiger partial charge on any atom is -0.347 e. The SMILES string of the molecule is O=C(CNC(=O)[C@@H]1CCCN(S(=O)(=O)c2ccccc2)C1)Nc1ccccc1Cl. The van der Waals surface area contributed by atoms with Crippen LogP contribution in [0.25, 0.3) is 0 Å². The van der Waals surface area contributed by atoms with Gasteiger partial charge in [0, 0.05) is 13.1 Å². The summed E-state index contributed by atoms with van der Waals surface area (Å²) in [6, 6.07) is 15.0. The van der Waals surface area contributed by atoms with Crippen LogP contribution in [-0.2, 0) is 19.6 Å². The number of piperidine rings is 1. The fourth-order valence-electron chi connectivity index (χ4n) is 3.18. The largest absolute Gasteiger partial charge is 0.347 e. The van der Waals surface area contributed by atoms with Crippen LogP contribution in [0.2, 0.25) is 5.02 Å². The summed E-state index contributed by atoms with van der Waals surface area (Å²) < 4.78 is 26.9. The van der Waals surface area contributed by atoms with E-state index in [4.69, 9.17) is 11.6 Å². The number of hydrogen-bond donors (Lipinski definition) is 2. The van der Waals surface area contributed by atoms with Gasteiger partial charge in [-0.3, -0.25) is 9.59 Å². The van der Waals surface area contributed by atoms with E-state index in [9.17, 15) is 18.0 Å². The standard InChI is InChI=1S/C20H22ClN3O4S/c21-17-10-4-5-11-18(17)23-19(25)13-22-20(26)15-7-6-12-24(14-15)29(27,28)16-8-2-1-3-9-16/h1-5,8-11,15H,6-7,12-14H2,(H,22,26)(H,23,25)/t15-/m1/s1. The van der Waals surface area contributed by atoms with Gasteiger partial charge in [0.05, 0.1) is 28.1 Å². The number of rotatable bonds is 6. The fraction of sp³-hybridized carbons (Fsp3) is 0.300. The van der Waals surface area contributed by atoms with Gasteiger partial charge in [-0.2, -0.15) is 4.31 Å². The average Bonchev–Trinajstić information content (AvgIpc) is 2.74. The summed E-state index contributed by atoms with van der Waals surface area (Å²) >= 11 is 6.00. The Morgan fingerprint density at radius 2 is 1.76 bits per heavy atom. The molecule has 1 saturated heterocycles. The Kier molecular flexibility index (Phi) is 6.89. The van der Waals surface area contributed by atoms with Gasteiger partial charge in [-0.1, -0.05) is 41.9 Å². The molecular formula is C20H22ClN3O4S. The predicted molar refractivity (Wildman–Crippen MR) is 111 cm³/mol. The maximum atomic E-state index is 12.8. The molecule has 0 aromatic heterocycles. The van der Waals surface area contributed by atoms with E-state index in [-0.39, 0.29) is 23.9 Å². The van der Waals surface area contributed by atoms with E-state index in [1.807, 2.05) is 0 Å². The quantitative estimate of drug-likeness (QED) is 0.728. The van der Waals surface area contributed by atoms with Gasteiger partial charge in [0.2, 0.25) is 21.8 Å². The third-order valence-corrected chi connectivity index (χ3v) is 6.92. The second kappa shape index (κ2) is 9.39. The highest BCUT2D eigenvalue weighted by Crippen LogP contribution is 2.24. The van der Waals surface area contributed by atoms with Crippen molar-refractivity contribution < 1.29 is 18.0 Å². The van der Waals surface area contributed by atoms with Crippen molar-refractivity contribution in [3.8, 4) is 0 Å². The first-order valence-electron chi connectivity index (χ1n) is 9.25. The molecule has 9 heteroatoms. The minimum atomic E-state index is -3.65. The van der Waals surface area contributed by atoms with Crippen molar-refractivity contribution in [2.45, 2.75) is 17.7 Å². The maximum Gasteiger partial charge on any atom is 0.243 e. The van der Waals surface area contributed by atoms with E-state index in [1.165, 1.54) is 16.4 Å². The first kappa shape index (κ1) is 21.3. The van der Waals surface area contributed by atoms with Gasteiger partial charge in [0.1, 0.15) is 0 Å². The molecule has 1 fully saturated rings. The number of halogens is 1. The van der Waals surface area contributed by atoms with Crippen LogP contribution in [0.1, 0.15) is 12.8 Å². The topological polar surface area (TPSA) is 95.6 Å². The van der Waals surface area contributed by atoms with Crippen molar-refractivity contribution in [1.29, 1.82) is 0 Å². The molecule has 0 saturated carbocycles. The summed E-state index contributed by atoms with van der Waals surface area (Å²) in [6.07, 6.45) is 1.15. The Bertz CT molecular complexity index is 982. The fourth-order valence-corrected chi connectivity index (χ4v) is 4.91. The van der Waals surface area contributed by atoms with Gasteiger partial charge in [-0.05, 0) is 37.1 Å². The number of anilines is 1. The lowest BCUT2D eigenvalue weighted by Gasteiger charge is -2.31. The van der Waals surface area contributed by atoms with E-state index in [2.05, 4.69) is 10.6 Å². The molecule has 2 aromatic rings. The lowest BCUT2D eigenvalue weighted by atomic mass is 9.99. The molecule has 1 atom stereocenters. The normalized spacial score (nSPS) is 17.5. The lowest BCUT2D eigenvalue weighted by molar-refractivity contribution is -0.128. The van der Waals surface area contributed by atoms with Gasteiger partial charge in [0.25, 0.3) is 0 Å². The third-order valence-electron chi connectivity index (χ3n) is 4.71. The van der Waals surface area contributed by atoms with E-state index in [1.54, 1.807) is 42.5 Å². The molecule has 2 N–H and O–H groups in total. The molecule has 1 aliphatic rings. The van der Waals surface area contributed by atoms with Gasteiger partial charge in [-0.15, -0.1) is 0 Å². The number of amides is 2. The zero-order valence-corrected chi connectivity index (χ0v) is 17.2. The summed E-state index contributed by atoms with van der Waals surface area (Å²) in [5.41, 5.74) is 0.464. The van der Waals surface area contributed by atoms with Crippen LogP contribution in [0.3, 0.4) is 0 Å². The zero-order valence-electron chi connectivity index (χ0n) is 15.7. The van der Waals surface area contributed by atoms with E-state index >= 15 is 0 Å². The summed E-state index contributed by atoms with van der Waals surface area (Å²) in [6.45, 7) is 0.245. The van der Waals surface area contributed by atoms with Crippen molar-refractivity contribution in [3.63, 3.8) is 0 Å². The van der Waals surface area contributed by atoms with Crippen molar-refractivity contribution in [3.05, 3.63) is 59.6 Å². The molecular weight excluding hydrogens is 414 g/mol. The predicted octanol–water partition coefficient (Wildman–Crippen LogP) is 2.50. The van der Waals surface area contributed by atoms with Crippen LogP contribution in [0, 0.1) is 5.92 Å². The number of para-hydroxylation sites is 1. The molecule has 1 aliphatic heterocycles. The van der Waals surface area contributed by atoms with Crippen LogP contribution in [0.5, 0.6) is 0 Å². The van der Waals surface area contributed by atoms with Crippen LogP contribution in [-0.4, -0.2) is 44.2 Å².